The first-order valence-corrected chi connectivity index (χ1v) is 11.4. The number of para-hydroxylation sites is 1. The van der Waals surface area contributed by atoms with Crippen LogP contribution in [0, 0.1) is 5.21 Å². The molecular weight excluding hydrogens is 442 g/mol. The molecule has 0 amide bonds. The molecule has 34 heavy (non-hydrogen) atoms. The van der Waals surface area contributed by atoms with Crippen molar-refractivity contribution in [3.05, 3.63) is 94.7 Å². The van der Waals surface area contributed by atoms with Crippen molar-refractivity contribution in [1.82, 2.24) is 4.98 Å². The van der Waals surface area contributed by atoms with Gasteiger partial charge in [0.25, 0.3) is 0 Å². The minimum absolute atomic E-state index is 0.105. The number of rotatable bonds is 9. The number of nitrogens with zero attached hydrogens (tertiary/aromatic N) is 2. The van der Waals surface area contributed by atoms with E-state index in [1.54, 1.807) is 36.5 Å². The number of benzene rings is 1. The molecule has 2 aliphatic heterocycles. The molecule has 1 aliphatic carbocycles. The molecule has 180 valence electrons. The largest absolute Gasteiger partial charge is 0.619 e. The number of halogens is 2. The Labute approximate surface area is 197 Å². The molecule has 8 heteroatoms. The van der Waals surface area contributed by atoms with E-state index in [0.29, 0.717) is 47.5 Å². The summed E-state index contributed by atoms with van der Waals surface area (Å²) in [6, 6.07) is 13.9. The summed E-state index contributed by atoms with van der Waals surface area (Å²) in [7, 11) is 0. The van der Waals surface area contributed by atoms with Gasteiger partial charge in [0.05, 0.1) is 12.2 Å². The molecule has 6 nitrogen and oxygen atoms in total. The highest BCUT2D eigenvalue weighted by atomic mass is 19.3. The van der Waals surface area contributed by atoms with Gasteiger partial charge in [-0.05, 0) is 55.4 Å². The second-order valence-electron chi connectivity index (χ2n) is 8.51. The predicted molar refractivity (Wildman–Crippen MR) is 122 cm³/mol. The third-order valence-electron chi connectivity index (χ3n) is 6.09. The highest BCUT2D eigenvalue weighted by Gasteiger charge is 2.43. The van der Waals surface area contributed by atoms with Crippen LogP contribution in [0.3, 0.4) is 0 Å². The van der Waals surface area contributed by atoms with Crippen LogP contribution in [0.1, 0.15) is 47.6 Å². The van der Waals surface area contributed by atoms with Gasteiger partial charge in [0.2, 0.25) is 0 Å². The quantitative estimate of drug-likeness (QED) is 0.375. The van der Waals surface area contributed by atoms with Crippen LogP contribution in [0.4, 0.5) is 8.78 Å². The molecule has 1 unspecified atom stereocenters. The highest BCUT2D eigenvalue weighted by Crippen LogP contribution is 2.39. The molecule has 1 atom stereocenters. The van der Waals surface area contributed by atoms with E-state index in [2.05, 4.69) is 4.98 Å². The van der Waals surface area contributed by atoms with Crippen molar-refractivity contribution in [2.45, 2.75) is 56.8 Å². The lowest BCUT2D eigenvalue weighted by molar-refractivity contribution is -0.605. The molecule has 2 aromatic heterocycles. The van der Waals surface area contributed by atoms with Gasteiger partial charge in [-0.15, -0.1) is 0 Å². The number of hydrogen-bond donors (Lipinski definition) is 1. The number of aliphatic hydroxyl groups is 1. The molecule has 4 heterocycles. The third-order valence-corrected chi connectivity index (χ3v) is 6.09. The Hall–Kier alpha value is -3.10. The zero-order valence-corrected chi connectivity index (χ0v) is 18.7. The number of hydrogen-bond acceptors (Lipinski definition) is 5. The lowest BCUT2D eigenvalue weighted by atomic mass is 9.84. The van der Waals surface area contributed by atoms with Crippen molar-refractivity contribution in [2.75, 3.05) is 6.61 Å². The summed E-state index contributed by atoms with van der Waals surface area (Å²) in [6.07, 6.45) is 10.5. The van der Waals surface area contributed by atoms with E-state index in [1.165, 1.54) is 31.3 Å². The molecule has 6 rings (SSSR count). The summed E-state index contributed by atoms with van der Waals surface area (Å²) < 4.78 is 36.3. The van der Waals surface area contributed by atoms with Crippen LogP contribution in [0.5, 0.6) is 5.75 Å². The van der Waals surface area contributed by atoms with Gasteiger partial charge in [-0.2, -0.15) is 13.5 Å². The number of aliphatic hydroxyl groups excluding tert-OH is 1. The molecular formula is C26H28F2N2O4. The molecule has 2 bridgehead atoms. The van der Waals surface area contributed by atoms with Gasteiger partial charge in [-0.3, -0.25) is 4.98 Å². The fourth-order valence-electron chi connectivity index (χ4n) is 4.00. The lowest BCUT2D eigenvalue weighted by Crippen LogP contribution is -2.52. The predicted octanol–water partition coefficient (Wildman–Crippen LogP) is 4.16. The molecule has 1 saturated carbocycles. The molecule has 2 saturated heterocycles. The SMILES string of the molecule is C1C2CC1O2.[O-][n+]1ccc(CC(c2ccc(CCCO)cn2)c2ccccc2OC(F)F)cc1. The summed E-state index contributed by atoms with van der Waals surface area (Å²) in [6.45, 7) is -2.82. The van der Waals surface area contributed by atoms with Crippen LogP contribution >= 0.6 is 0 Å². The van der Waals surface area contributed by atoms with Crippen molar-refractivity contribution in [2.24, 2.45) is 0 Å². The van der Waals surface area contributed by atoms with Crippen LogP contribution in [-0.4, -0.2) is 35.5 Å². The van der Waals surface area contributed by atoms with Crippen molar-refractivity contribution in [1.29, 1.82) is 0 Å². The Balaban J connectivity index is 0.000000474. The van der Waals surface area contributed by atoms with Gasteiger partial charge >= 0.3 is 6.61 Å². The second kappa shape index (κ2) is 11.4. The molecule has 0 spiro atoms. The Morgan fingerprint density at radius 2 is 1.74 bits per heavy atom. The first-order chi connectivity index (χ1) is 16.5. The zero-order chi connectivity index (χ0) is 23.9. The van der Waals surface area contributed by atoms with E-state index in [0.717, 1.165) is 11.1 Å². The van der Waals surface area contributed by atoms with E-state index in [-0.39, 0.29) is 18.3 Å². The fourth-order valence-corrected chi connectivity index (χ4v) is 4.00. The smallest absolute Gasteiger partial charge is 0.387 e. The van der Waals surface area contributed by atoms with Crippen molar-refractivity contribution >= 4 is 0 Å². The Kier molecular flexibility index (Phi) is 8.03. The molecule has 1 aromatic carbocycles. The monoisotopic (exact) mass is 470 g/mol. The van der Waals surface area contributed by atoms with Crippen LogP contribution in [0.2, 0.25) is 0 Å². The average molecular weight is 471 g/mol. The number of ether oxygens (including phenoxy) is 2. The number of alkyl halides is 2. The summed E-state index contributed by atoms with van der Waals surface area (Å²) in [5, 5.41) is 20.3. The fraction of sp³-hybridized carbons (Fsp3) is 0.385. The van der Waals surface area contributed by atoms with Gasteiger partial charge in [-0.1, -0.05) is 24.3 Å². The Morgan fingerprint density at radius 1 is 1.06 bits per heavy atom. The van der Waals surface area contributed by atoms with E-state index in [1.807, 2.05) is 12.1 Å². The van der Waals surface area contributed by atoms with Crippen molar-refractivity contribution < 1.29 is 28.1 Å². The van der Waals surface area contributed by atoms with Gasteiger partial charge in [0, 0.05) is 42.1 Å². The van der Waals surface area contributed by atoms with Crippen molar-refractivity contribution in [3.63, 3.8) is 0 Å². The number of aromatic nitrogens is 2. The van der Waals surface area contributed by atoms with E-state index < -0.39 is 6.61 Å². The van der Waals surface area contributed by atoms with Crippen LogP contribution < -0.4 is 9.47 Å². The molecule has 3 aliphatic rings. The minimum Gasteiger partial charge on any atom is -0.619 e. The molecule has 3 aromatic rings. The van der Waals surface area contributed by atoms with E-state index >= 15 is 0 Å². The lowest BCUT2D eigenvalue weighted by Gasteiger charge is -2.49. The van der Waals surface area contributed by atoms with Gasteiger partial charge in [-0.25, -0.2) is 0 Å². The molecule has 1 N–H and O–H groups in total. The Morgan fingerprint density at radius 3 is 2.29 bits per heavy atom. The van der Waals surface area contributed by atoms with E-state index in [9.17, 15) is 14.0 Å². The standard InChI is InChI=1S/C22H22F2N2O3.C4H6O/c23-22(24)29-21-6-2-1-5-18(21)19(14-16-9-11-26(28)12-10-16)20-8-7-17(15-25-20)4-3-13-27;1-3-2-4(1)5-3/h1-2,5-12,15,19,22,27H,3-4,13-14H2;3-4H,1-2H2. The van der Waals surface area contributed by atoms with Crippen LogP contribution in [0.25, 0.3) is 0 Å². The minimum atomic E-state index is -2.93. The number of pyridine rings is 2. The first-order valence-electron chi connectivity index (χ1n) is 11.4. The average Bonchev–Trinajstić information content (AvgIpc) is 2.76. The first kappa shape index (κ1) is 24.0. The summed E-state index contributed by atoms with van der Waals surface area (Å²) in [5.74, 6) is -0.229. The normalized spacial score (nSPS) is 18.8. The van der Waals surface area contributed by atoms with E-state index in [4.69, 9.17) is 14.6 Å². The summed E-state index contributed by atoms with van der Waals surface area (Å²) >= 11 is 0. The molecule has 3 fully saturated rings. The third kappa shape index (κ3) is 6.27. The topological polar surface area (TPSA) is 78.5 Å². The van der Waals surface area contributed by atoms with Crippen LogP contribution in [-0.2, 0) is 17.6 Å². The maximum Gasteiger partial charge on any atom is 0.387 e. The maximum absolute atomic E-state index is 12.9. The zero-order valence-electron chi connectivity index (χ0n) is 18.7. The molecule has 0 radical (unpaired) electrons. The van der Waals surface area contributed by atoms with Crippen LogP contribution in [0.15, 0.2) is 67.1 Å². The second-order valence-corrected chi connectivity index (χ2v) is 8.51. The highest BCUT2D eigenvalue weighted by molar-refractivity contribution is 5.42. The van der Waals surface area contributed by atoms with Crippen molar-refractivity contribution in [3.8, 4) is 5.75 Å². The Bertz CT molecular complexity index is 1030. The number of aryl methyl sites for hydroxylation is 1. The summed E-state index contributed by atoms with van der Waals surface area (Å²) in [4.78, 5) is 4.55. The van der Waals surface area contributed by atoms with Gasteiger partial charge < -0.3 is 19.8 Å². The maximum atomic E-state index is 12.9. The van der Waals surface area contributed by atoms with Gasteiger partial charge in [0.15, 0.2) is 12.4 Å². The van der Waals surface area contributed by atoms with Gasteiger partial charge in [0.1, 0.15) is 5.75 Å². The summed E-state index contributed by atoms with van der Waals surface area (Å²) in [5.41, 5.74) is 3.18.